The molecule has 0 aliphatic rings. The number of esters is 1. The number of nitrogens with zero attached hydrogens (tertiary/aromatic N) is 1. The highest BCUT2D eigenvalue weighted by atomic mass is 31.2. The number of rotatable bonds is 50. The van der Waals surface area contributed by atoms with Crippen LogP contribution in [0.5, 0.6) is 0 Å². The maximum atomic E-state index is 13.5. The van der Waals surface area contributed by atoms with E-state index in [0.717, 1.165) is 103 Å². The zero-order chi connectivity index (χ0) is 51.5. The van der Waals surface area contributed by atoms with Crippen LogP contribution in [0.15, 0.2) is 85.1 Å². The summed E-state index contributed by atoms with van der Waals surface area (Å²) in [5.41, 5.74) is 0. The van der Waals surface area contributed by atoms with Gasteiger partial charge in [0.25, 0.3) is 0 Å². The number of nitrogens with one attached hydrogen (secondary N) is 1. The molecule has 0 aliphatic carbocycles. The number of carbonyl (C=O) groups is 2. The molecule has 2 N–H and O–H groups in total. The third-order valence-electron chi connectivity index (χ3n) is 12.1. The van der Waals surface area contributed by atoms with Crippen molar-refractivity contribution in [3.63, 3.8) is 0 Å². The number of hydrogen-bond donors (Lipinski definition) is 2. The van der Waals surface area contributed by atoms with Crippen molar-refractivity contribution in [2.75, 3.05) is 40.9 Å². The summed E-state index contributed by atoms with van der Waals surface area (Å²) in [6.07, 6.45) is 64.3. The fraction of sp³-hybridized carbons (Fsp3) is 0.733. The Labute approximate surface area is 431 Å². The molecule has 3 unspecified atom stereocenters. The largest absolute Gasteiger partial charge is 0.472 e. The second-order valence-electron chi connectivity index (χ2n) is 20.1. The van der Waals surface area contributed by atoms with Gasteiger partial charge in [0.1, 0.15) is 19.3 Å². The van der Waals surface area contributed by atoms with Crippen molar-refractivity contribution >= 4 is 19.7 Å². The summed E-state index contributed by atoms with van der Waals surface area (Å²) in [5, 5.41) is 3.03. The molecule has 9 nitrogen and oxygen atoms in total. The van der Waals surface area contributed by atoms with Gasteiger partial charge in [0.2, 0.25) is 5.91 Å². The lowest BCUT2D eigenvalue weighted by Gasteiger charge is -2.27. The Morgan fingerprint density at radius 3 is 1.40 bits per heavy atom. The SMILES string of the molecule is CC/C=C/C/C=C/C/C=C/CCCCCCC(=O)OC(/C=C/CCCCCCCCCCCCC)C(COP(=O)(O)OCC[N+](C)(C)C)NC(=O)CCCCCC/C=C\C/C=C\C/C=C\CCCCC. The standard InChI is InChI=1S/C60H107N2O7P/c1-7-10-13-16-19-22-25-28-30-31-32-34-37-40-43-46-49-52-59(63)61-57(56-68-70(65,66)67-55-54-62(4,5)6)58(51-48-45-42-39-36-33-27-24-21-18-15-12-9-3)69-60(64)53-50-47-44-41-38-35-29-26-23-20-17-14-11-8-2/h11,14,19-20,22-23,28-30,32,34-35,48,51,57-58H,7-10,12-13,15-18,21,24-27,31,33,36-47,49-50,52-56H2,1-6H3,(H-,61,63,65,66)/p+1/b14-11+,22-19-,23-20+,30-28-,34-32-,35-29+,51-48+. The van der Waals surface area contributed by atoms with E-state index in [9.17, 15) is 19.0 Å². The Morgan fingerprint density at radius 2 is 0.914 bits per heavy atom. The number of amides is 1. The molecule has 0 fully saturated rings. The van der Waals surface area contributed by atoms with Gasteiger partial charge in [-0.3, -0.25) is 18.6 Å². The van der Waals surface area contributed by atoms with Crippen LogP contribution in [0, 0.1) is 0 Å². The fourth-order valence-corrected chi connectivity index (χ4v) is 8.40. The molecule has 0 rings (SSSR count). The summed E-state index contributed by atoms with van der Waals surface area (Å²) in [7, 11) is 1.46. The van der Waals surface area contributed by atoms with Crippen molar-refractivity contribution in [3.8, 4) is 0 Å². The first kappa shape index (κ1) is 67.2. The van der Waals surface area contributed by atoms with Crippen molar-refractivity contribution in [1.82, 2.24) is 5.32 Å². The van der Waals surface area contributed by atoms with Gasteiger partial charge in [-0.05, 0) is 102 Å². The number of carbonyl (C=O) groups excluding carboxylic acids is 2. The zero-order valence-corrected chi connectivity index (χ0v) is 46.9. The highest BCUT2D eigenvalue weighted by Crippen LogP contribution is 2.43. The molecule has 0 aromatic heterocycles. The van der Waals surface area contributed by atoms with Crippen LogP contribution >= 0.6 is 7.82 Å². The van der Waals surface area contributed by atoms with Crippen LogP contribution in [0.4, 0.5) is 0 Å². The summed E-state index contributed by atoms with van der Waals surface area (Å²) in [6, 6.07) is -0.872. The highest BCUT2D eigenvalue weighted by molar-refractivity contribution is 7.47. The lowest BCUT2D eigenvalue weighted by molar-refractivity contribution is -0.870. The molecule has 0 spiro atoms. The van der Waals surface area contributed by atoms with Crippen molar-refractivity contribution in [2.45, 2.75) is 245 Å². The van der Waals surface area contributed by atoms with Gasteiger partial charge >= 0.3 is 13.8 Å². The van der Waals surface area contributed by atoms with Crippen LogP contribution in [-0.4, -0.2) is 74.3 Å². The molecule has 0 saturated heterocycles. The number of likely N-dealkylation sites (N-methyl/N-ethyl adjacent to an activating group) is 1. The van der Waals surface area contributed by atoms with E-state index in [4.69, 9.17) is 13.8 Å². The van der Waals surface area contributed by atoms with E-state index in [1.54, 1.807) is 0 Å². The number of unbranched alkanes of at least 4 members (excludes halogenated alkanes) is 22. The van der Waals surface area contributed by atoms with Crippen LogP contribution in [-0.2, 0) is 27.9 Å². The van der Waals surface area contributed by atoms with Crippen LogP contribution in [0.25, 0.3) is 0 Å². The quantitative estimate of drug-likeness (QED) is 0.0205. The molecule has 0 aromatic rings. The molecule has 0 radical (unpaired) electrons. The number of phosphoric acid groups is 1. The molecule has 0 bridgehead atoms. The van der Waals surface area contributed by atoms with Gasteiger partial charge < -0.3 is 19.4 Å². The molecular formula is C60H108N2O7P+. The maximum absolute atomic E-state index is 13.5. The molecule has 0 aliphatic heterocycles. The lowest BCUT2D eigenvalue weighted by atomic mass is 10.0. The van der Waals surface area contributed by atoms with Gasteiger partial charge in [0.05, 0.1) is 33.8 Å². The van der Waals surface area contributed by atoms with Gasteiger partial charge in [0.15, 0.2) is 0 Å². The highest BCUT2D eigenvalue weighted by Gasteiger charge is 2.30. The van der Waals surface area contributed by atoms with Gasteiger partial charge in [-0.25, -0.2) is 4.57 Å². The van der Waals surface area contributed by atoms with E-state index in [1.165, 1.54) is 83.5 Å². The summed E-state index contributed by atoms with van der Waals surface area (Å²) in [4.78, 5) is 37.6. The van der Waals surface area contributed by atoms with Gasteiger partial charge in [-0.2, -0.15) is 0 Å². The number of phosphoric ester groups is 1. The van der Waals surface area contributed by atoms with E-state index in [0.29, 0.717) is 30.3 Å². The molecule has 0 aromatic carbocycles. The van der Waals surface area contributed by atoms with Gasteiger partial charge in [-0.1, -0.05) is 202 Å². The molecule has 0 heterocycles. The molecule has 0 saturated carbocycles. The van der Waals surface area contributed by atoms with Crippen molar-refractivity contribution < 1.29 is 37.3 Å². The second kappa shape index (κ2) is 49.8. The summed E-state index contributed by atoms with van der Waals surface area (Å²) in [5.74, 6) is -0.561. The predicted molar refractivity (Wildman–Crippen MR) is 300 cm³/mol. The van der Waals surface area contributed by atoms with Crippen LogP contribution in [0.3, 0.4) is 0 Å². The summed E-state index contributed by atoms with van der Waals surface area (Å²) >= 11 is 0. The first-order chi connectivity index (χ1) is 33.9. The van der Waals surface area contributed by atoms with Crippen LogP contribution in [0.1, 0.15) is 233 Å². The minimum atomic E-state index is -4.46. The van der Waals surface area contributed by atoms with Gasteiger partial charge in [0, 0.05) is 12.8 Å². The lowest BCUT2D eigenvalue weighted by Crippen LogP contribution is -2.47. The first-order valence-electron chi connectivity index (χ1n) is 28.4. The number of quaternary nitrogens is 1. The Hall–Kier alpha value is -2.81. The predicted octanol–water partition coefficient (Wildman–Crippen LogP) is 17.0. The fourth-order valence-electron chi connectivity index (χ4n) is 7.67. The third-order valence-corrected chi connectivity index (χ3v) is 13.1. The first-order valence-corrected chi connectivity index (χ1v) is 29.9. The van der Waals surface area contributed by atoms with Crippen molar-refractivity contribution in [3.05, 3.63) is 85.1 Å². The van der Waals surface area contributed by atoms with E-state index >= 15 is 0 Å². The topological polar surface area (TPSA) is 111 Å². The van der Waals surface area contributed by atoms with E-state index in [-0.39, 0.29) is 31.5 Å². The monoisotopic (exact) mass is 1000 g/mol. The maximum Gasteiger partial charge on any atom is 0.472 e. The zero-order valence-electron chi connectivity index (χ0n) is 46.0. The van der Waals surface area contributed by atoms with Crippen molar-refractivity contribution in [1.29, 1.82) is 0 Å². The van der Waals surface area contributed by atoms with E-state index < -0.39 is 20.0 Å². The van der Waals surface area contributed by atoms with E-state index in [1.807, 2.05) is 33.3 Å². The third kappa shape index (κ3) is 50.1. The average Bonchev–Trinajstić information content (AvgIpc) is 3.32. The van der Waals surface area contributed by atoms with Gasteiger partial charge in [-0.15, -0.1) is 0 Å². The molecular weight excluding hydrogens is 892 g/mol. The number of allylic oxidation sites excluding steroid dienone is 13. The molecule has 10 heteroatoms. The smallest absolute Gasteiger partial charge is 0.456 e. The number of hydrogen-bond acceptors (Lipinski definition) is 6. The summed E-state index contributed by atoms with van der Waals surface area (Å²) < 4.78 is 30.6. The average molecular weight is 1000 g/mol. The Bertz CT molecular complexity index is 1480. The van der Waals surface area contributed by atoms with Crippen LogP contribution < -0.4 is 5.32 Å². The Kier molecular flexibility index (Phi) is 47.8. The minimum Gasteiger partial charge on any atom is -0.456 e. The normalized spacial score (nSPS) is 14.4. The van der Waals surface area contributed by atoms with E-state index in [2.05, 4.69) is 99.0 Å². The number of ether oxygens (including phenoxy) is 1. The Balaban J connectivity index is 5.46. The second-order valence-corrected chi connectivity index (χ2v) is 21.5. The van der Waals surface area contributed by atoms with Crippen LogP contribution in [0.2, 0.25) is 0 Å². The minimum absolute atomic E-state index is 0.0281. The molecule has 3 atom stereocenters. The molecule has 70 heavy (non-hydrogen) atoms. The molecule has 1 amide bonds. The van der Waals surface area contributed by atoms with Crippen molar-refractivity contribution in [2.24, 2.45) is 0 Å². The Morgan fingerprint density at radius 1 is 0.514 bits per heavy atom. The molecule has 404 valence electrons. The summed E-state index contributed by atoms with van der Waals surface area (Å²) in [6.45, 7) is 6.82.